The van der Waals surface area contributed by atoms with E-state index in [4.69, 9.17) is 9.47 Å². The summed E-state index contributed by atoms with van der Waals surface area (Å²) in [6.45, 7) is 6.77. The zero-order chi connectivity index (χ0) is 18.5. The van der Waals surface area contributed by atoms with Gasteiger partial charge in [-0.25, -0.2) is 0 Å². The highest BCUT2D eigenvalue weighted by molar-refractivity contribution is 5.85. The van der Waals surface area contributed by atoms with Crippen LogP contribution in [0.25, 0.3) is 0 Å². The van der Waals surface area contributed by atoms with E-state index in [0.29, 0.717) is 19.2 Å². The van der Waals surface area contributed by atoms with Gasteiger partial charge in [-0.15, -0.1) is 12.4 Å². The molecular weight excluding hydrogens is 378 g/mol. The van der Waals surface area contributed by atoms with Crippen molar-refractivity contribution < 1.29 is 14.3 Å². The second-order valence-corrected chi connectivity index (χ2v) is 7.89. The van der Waals surface area contributed by atoms with Crippen molar-refractivity contribution in [3.63, 3.8) is 0 Å². The minimum atomic E-state index is 0. The fraction of sp³-hybridized carbons (Fsp3) is 0.667. The standard InChI is InChI=1S/C21H31N3O3.ClH/c25-21-13-22-9-11-24(21)18-3-1-10-23(15-18)14-17-5-7-19(8-6-17)27-16-20-4-2-12-26-20;/h5-8,18,20,22H,1-4,9-16H2;1H. The van der Waals surface area contributed by atoms with E-state index in [-0.39, 0.29) is 24.4 Å². The predicted molar refractivity (Wildman–Crippen MR) is 111 cm³/mol. The number of hydrogen-bond donors (Lipinski definition) is 1. The minimum Gasteiger partial charge on any atom is -0.491 e. The summed E-state index contributed by atoms with van der Waals surface area (Å²) in [6, 6.07) is 8.80. The summed E-state index contributed by atoms with van der Waals surface area (Å²) < 4.78 is 11.5. The van der Waals surface area contributed by atoms with Gasteiger partial charge in [0.05, 0.1) is 12.6 Å². The smallest absolute Gasteiger partial charge is 0.236 e. The van der Waals surface area contributed by atoms with Crippen molar-refractivity contribution in [2.45, 2.75) is 44.4 Å². The molecule has 1 aromatic rings. The van der Waals surface area contributed by atoms with E-state index in [9.17, 15) is 4.79 Å². The number of piperazine rings is 1. The van der Waals surface area contributed by atoms with Crippen LogP contribution in [0.4, 0.5) is 0 Å². The van der Waals surface area contributed by atoms with Gasteiger partial charge in [0.2, 0.25) is 5.91 Å². The Morgan fingerprint density at radius 3 is 2.75 bits per heavy atom. The van der Waals surface area contributed by atoms with Crippen LogP contribution in [-0.2, 0) is 16.1 Å². The Morgan fingerprint density at radius 2 is 2.00 bits per heavy atom. The Kier molecular flexibility index (Phi) is 7.97. The molecule has 3 fully saturated rings. The van der Waals surface area contributed by atoms with Gasteiger partial charge in [-0.1, -0.05) is 12.1 Å². The number of benzene rings is 1. The first-order valence-electron chi connectivity index (χ1n) is 10.3. The number of amides is 1. The van der Waals surface area contributed by atoms with Gasteiger partial charge in [0.25, 0.3) is 0 Å². The van der Waals surface area contributed by atoms with Gasteiger partial charge in [0.1, 0.15) is 12.4 Å². The number of nitrogens with one attached hydrogen (secondary N) is 1. The summed E-state index contributed by atoms with van der Waals surface area (Å²) in [7, 11) is 0. The summed E-state index contributed by atoms with van der Waals surface area (Å²) in [5.41, 5.74) is 1.30. The highest BCUT2D eigenvalue weighted by Gasteiger charge is 2.29. The molecule has 0 aromatic heterocycles. The molecule has 28 heavy (non-hydrogen) atoms. The zero-order valence-corrected chi connectivity index (χ0v) is 17.3. The van der Waals surface area contributed by atoms with Crippen molar-refractivity contribution in [3.05, 3.63) is 29.8 Å². The Bertz CT molecular complexity index is 622. The van der Waals surface area contributed by atoms with Gasteiger partial charge < -0.3 is 19.7 Å². The van der Waals surface area contributed by atoms with Crippen LogP contribution in [0.1, 0.15) is 31.2 Å². The third-order valence-electron chi connectivity index (χ3n) is 5.84. The van der Waals surface area contributed by atoms with Crippen molar-refractivity contribution in [1.82, 2.24) is 15.1 Å². The second-order valence-electron chi connectivity index (χ2n) is 7.89. The molecule has 2 atom stereocenters. The number of ether oxygens (including phenoxy) is 2. The number of carbonyl (C=O) groups is 1. The first-order chi connectivity index (χ1) is 13.3. The maximum atomic E-state index is 12.2. The lowest BCUT2D eigenvalue weighted by molar-refractivity contribution is -0.135. The molecule has 3 aliphatic heterocycles. The Balaban J connectivity index is 0.00000225. The van der Waals surface area contributed by atoms with E-state index in [2.05, 4.69) is 39.4 Å². The molecule has 2 unspecified atom stereocenters. The lowest BCUT2D eigenvalue weighted by Gasteiger charge is -2.41. The summed E-state index contributed by atoms with van der Waals surface area (Å²) in [6.07, 6.45) is 4.78. The van der Waals surface area contributed by atoms with Crippen LogP contribution < -0.4 is 10.1 Å². The number of hydrogen-bond acceptors (Lipinski definition) is 5. The number of halogens is 1. The third kappa shape index (κ3) is 5.60. The molecule has 0 bridgehead atoms. The van der Waals surface area contributed by atoms with Crippen LogP contribution in [0, 0.1) is 0 Å². The van der Waals surface area contributed by atoms with E-state index < -0.39 is 0 Å². The molecule has 156 valence electrons. The van der Waals surface area contributed by atoms with Gasteiger partial charge in [-0.05, 0) is 49.9 Å². The van der Waals surface area contributed by atoms with Crippen LogP contribution in [0.15, 0.2) is 24.3 Å². The fourth-order valence-electron chi connectivity index (χ4n) is 4.35. The monoisotopic (exact) mass is 409 g/mol. The number of likely N-dealkylation sites (tertiary alicyclic amines) is 1. The van der Waals surface area contributed by atoms with Crippen molar-refractivity contribution >= 4 is 18.3 Å². The molecule has 4 rings (SSSR count). The predicted octanol–water partition coefficient (Wildman–Crippen LogP) is 2.06. The Labute approximate surface area is 173 Å². The molecule has 3 aliphatic rings. The highest BCUT2D eigenvalue weighted by atomic mass is 35.5. The van der Waals surface area contributed by atoms with E-state index in [1.165, 1.54) is 5.56 Å². The molecule has 0 spiro atoms. The number of rotatable bonds is 6. The number of piperidine rings is 1. The normalized spacial score (nSPS) is 26.1. The molecular formula is C21H32ClN3O3. The Hall–Kier alpha value is -1.34. The van der Waals surface area contributed by atoms with Crippen molar-refractivity contribution in [3.8, 4) is 5.75 Å². The second kappa shape index (κ2) is 10.4. The Morgan fingerprint density at radius 1 is 1.14 bits per heavy atom. The van der Waals surface area contributed by atoms with E-state index in [1.54, 1.807) is 0 Å². The highest BCUT2D eigenvalue weighted by Crippen LogP contribution is 2.21. The van der Waals surface area contributed by atoms with Crippen molar-refractivity contribution in [2.24, 2.45) is 0 Å². The van der Waals surface area contributed by atoms with Gasteiger partial charge in [0.15, 0.2) is 0 Å². The summed E-state index contributed by atoms with van der Waals surface area (Å²) >= 11 is 0. The number of nitrogens with zero attached hydrogens (tertiary/aromatic N) is 2. The van der Waals surface area contributed by atoms with Gasteiger partial charge in [-0.3, -0.25) is 9.69 Å². The van der Waals surface area contributed by atoms with E-state index in [0.717, 1.165) is 70.8 Å². The first kappa shape index (κ1) is 21.4. The molecule has 1 aromatic carbocycles. The van der Waals surface area contributed by atoms with Crippen LogP contribution in [0.5, 0.6) is 5.75 Å². The fourth-order valence-corrected chi connectivity index (χ4v) is 4.35. The molecule has 1 amide bonds. The molecule has 1 N–H and O–H groups in total. The largest absolute Gasteiger partial charge is 0.491 e. The van der Waals surface area contributed by atoms with Crippen LogP contribution >= 0.6 is 12.4 Å². The SMILES string of the molecule is Cl.O=C1CNCCN1C1CCCN(Cc2ccc(OCC3CCCO3)cc2)C1. The number of carbonyl (C=O) groups excluding carboxylic acids is 1. The summed E-state index contributed by atoms with van der Waals surface area (Å²) in [5, 5.41) is 3.16. The molecule has 3 saturated heterocycles. The van der Waals surface area contributed by atoms with Crippen LogP contribution in [0.3, 0.4) is 0 Å². The van der Waals surface area contributed by atoms with Crippen LogP contribution in [0.2, 0.25) is 0 Å². The molecule has 0 saturated carbocycles. The topological polar surface area (TPSA) is 54.0 Å². The molecule has 7 heteroatoms. The third-order valence-corrected chi connectivity index (χ3v) is 5.84. The molecule has 3 heterocycles. The zero-order valence-electron chi connectivity index (χ0n) is 16.5. The average Bonchev–Trinajstić information content (AvgIpc) is 3.22. The summed E-state index contributed by atoms with van der Waals surface area (Å²) in [5.74, 6) is 1.16. The first-order valence-corrected chi connectivity index (χ1v) is 10.3. The van der Waals surface area contributed by atoms with Gasteiger partial charge in [-0.2, -0.15) is 0 Å². The quantitative estimate of drug-likeness (QED) is 0.779. The van der Waals surface area contributed by atoms with E-state index in [1.807, 2.05) is 0 Å². The van der Waals surface area contributed by atoms with Crippen molar-refractivity contribution in [1.29, 1.82) is 0 Å². The van der Waals surface area contributed by atoms with Crippen molar-refractivity contribution in [2.75, 3.05) is 45.9 Å². The lowest BCUT2D eigenvalue weighted by atomic mass is 10.0. The maximum Gasteiger partial charge on any atom is 0.236 e. The lowest BCUT2D eigenvalue weighted by Crippen LogP contribution is -2.56. The molecule has 6 nitrogen and oxygen atoms in total. The van der Waals surface area contributed by atoms with Gasteiger partial charge >= 0.3 is 0 Å². The van der Waals surface area contributed by atoms with Crippen LogP contribution in [-0.4, -0.2) is 73.8 Å². The molecule has 0 radical (unpaired) electrons. The average molecular weight is 410 g/mol. The summed E-state index contributed by atoms with van der Waals surface area (Å²) in [4.78, 5) is 16.7. The van der Waals surface area contributed by atoms with E-state index >= 15 is 0 Å². The maximum absolute atomic E-state index is 12.2. The molecule has 0 aliphatic carbocycles. The minimum absolute atomic E-state index is 0. The van der Waals surface area contributed by atoms with Gasteiger partial charge in [0, 0.05) is 38.8 Å².